The Bertz CT molecular complexity index is 404. The summed E-state index contributed by atoms with van der Waals surface area (Å²) in [5, 5.41) is 10.9. The lowest BCUT2D eigenvalue weighted by atomic mass is 10.2. The number of nitrogens with zero attached hydrogens (tertiary/aromatic N) is 1. The Kier molecular flexibility index (Phi) is 3.66. The van der Waals surface area contributed by atoms with Gasteiger partial charge in [0.2, 0.25) is 5.70 Å². The summed E-state index contributed by atoms with van der Waals surface area (Å²) < 4.78 is 0.837. The van der Waals surface area contributed by atoms with Gasteiger partial charge in [-0.25, -0.2) is 0 Å². The van der Waals surface area contributed by atoms with Crippen molar-refractivity contribution in [2.24, 2.45) is 0 Å². The van der Waals surface area contributed by atoms with E-state index in [1.165, 1.54) is 13.0 Å². The highest BCUT2D eigenvalue weighted by molar-refractivity contribution is 9.10. The van der Waals surface area contributed by atoms with E-state index in [0.29, 0.717) is 10.6 Å². The summed E-state index contributed by atoms with van der Waals surface area (Å²) >= 11 is 9.12. The number of benzene rings is 1. The standard InChI is InChI=1S/C9H7BrClNO2/c1-6(12(13)14)4-7-5-8(10)2-3-9(7)11/h2-5H,1H3/b6-4-. The van der Waals surface area contributed by atoms with Gasteiger partial charge < -0.3 is 0 Å². The topological polar surface area (TPSA) is 43.1 Å². The predicted octanol–water partition coefficient (Wildman–Crippen LogP) is 3.74. The van der Waals surface area contributed by atoms with Crippen molar-refractivity contribution < 1.29 is 4.92 Å². The Morgan fingerprint density at radius 3 is 2.86 bits per heavy atom. The quantitative estimate of drug-likeness (QED) is 0.610. The number of nitro groups is 1. The summed E-state index contributed by atoms with van der Waals surface area (Å²) in [6.45, 7) is 1.43. The van der Waals surface area contributed by atoms with Gasteiger partial charge in [0.1, 0.15) is 0 Å². The summed E-state index contributed by atoms with van der Waals surface area (Å²) in [7, 11) is 0. The normalized spacial score (nSPS) is 11.5. The lowest BCUT2D eigenvalue weighted by Gasteiger charge is -1.98. The second-order valence-electron chi connectivity index (χ2n) is 2.71. The van der Waals surface area contributed by atoms with Gasteiger partial charge in [-0.3, -0.25) is 10.1 Å². The first-order chi connectivity index (χ1) is 6.50. The summed E-state index contributed by atoms with van der Waals surface area (Å²) in [6.07, 6.45) is 1.44. The molecule has 0 radical (unpaired) electrons. The molecule has 3 nitrogen and oxygen atoms in total. The van der Waals surface area contributed by atoms with E-state index < -0.39 is 4.92 Å². The van der Waals surface area contributed by atoms with Crippen LogP contribution in [0.3, 0.4) is 0 Å². The van der Waals surface area contributed by atoms with E-state index in [1.807, 2.05) is 0 Å². The molecular weight excluding hydrogens is 269 g/mol. The second kappa shape index (κ2) is 4.57. The molecule has 0 amide bonds. The van der Waals surface area contributed by atoms with Gasteiger partial charge in [0.15, 0.2) is 0 Å². The maximum Gasteiger partial charge on any atom is 0.243 e. The molecule has 0 fully saturated rings. The number of hydrogen-bond acceptors (Lipinski definition) is 2. The van der Waals surface area contributed by atoms with Crippen LogP contribution in [0.5, 0.6) is 0 Å². The number of hydrogen-bond donors (Lipinski definition) is 0. The van der Waals surface area contributed by atoms with Crippen molar-refractivity contribution in [3.05, 3.63) is 49.1 Å². The van der Waals surface area contributed by atoms with Gasteiger partial charge >= 0.3 is 0 Å². The third-order valence-corrected chi connectivity index (χ3v) is 2.45. The highest BCUT2D eigenvalue weighted by atomic mass is 79.9. The lowest BCUT2D eigenvalue weighted by molar-refractivity contribution is -0.422. The zero-order valence-corrected chi connectivity index (χ0v) is 9.67. The first-order valence-electron chi connectivity index (χ1n) is 3.78. The highest BCUT2D eigenvalue weighted by Gasteiger charge is 2.05. The fraction of sp³-hybridized carbons (Fsp3) is 0.111. The van der Waals surface area contributed by atoms with Gasteiger partial charge in [0.25, 0.3) is 0 Å². The van der Waals surface area contributed by atoms with Crippen LogP contribution in [0.1, 0.15) is 12.5 Å². The molecule has 14 heavy (non-hydrogen) atoms. The van der Waals surface area contributed by atoms with Crippen LogP contribution in [0.25, 0.3) is 6.08 Å². The molecule has 0 bridgehead atoms. The Balaban J connectivity index is 3.13. The van der Waals surface area contributed by atoms with Gasteiger partial charge in [0, 0.05) is 28.1 Å². The van der Waals surface area contributed by atoms with Crippen LogP contribution < -0.4 is 0 Å². The van der Waals surface area contributed by atoms with Crippen LogP contribution in [0.2, 0.25) is 5.02 Å². The predicted molar refractivity (Wildman–Crippen MR) is 59.8 cm³/mol. The molecule has 0 aliphatic rings. The van der Waals surface area contributed by atoms with Crippen LogP contribution in [0.4, 0.5) is 0 Å². The molecule has 0 unspecified atom stereocenters. The van der Waals surface area contributed by atoms with E-state index in [9.17, 15) is 10.1 Å². The molecular formula is C9H7BrClNO2. The zero-order valence-electron chi connectivity index (χ0n) is 7.33. The molecule has 74 valence electrons. The fourth-order valence-corrected chi connectivity index (χ4v) is 1.45. The summed E-state index contributed by atoms with van der Waals surface area (Å²) in [5.74, 6) is 0. The Labute approximate surface area is 94.7 Å². The van der Waals surface area contributed by atoms with Crippen LogP contribution >= 0.6 is 27.5 Å². The average molecular weight is 277 g/mol. The molecule has 0 saturated heterocycles. The minimum atomic E-state index is -0.447. The molecule has 0 N–H and O–H groups in total. The Morgan fingerprint density at radius 1 is 1.64 bits per heavy atom. The van der Waals surface area contributed by atoms with Gasteiger partial charge in [-0.05, 0) is 18.2 Å². The molecule has 0 saturated carbocycles. The van der Waals surface area contributed by atoms with Crippen molar-refractivity contribution >= 4 is 33.6 Å². The zero-order chi connectivity index (χ0) is 10.7. The molecule has 0 aliphatic heterocycles. The molecule has 0 heterocycles. The van der Waals surface area contributed by atoms with E-state index in [-0.39, 0.29) is 5.70 Å². The number of rotatable bonds is 2. The molecule has 5 heteroatoms. The van der Waals surface area contributed by atoms with Crippen LogP contribution in [-0.2, 0) is 0 Å². The monoisotopic (exact) mass is 275 g/mol. The lowest BCUT2D eigenvalue weighted by Crippen LogP contribution is -1.93. The summed E-state index contributed by atoms with van der Waals surface area (Å²) in [5.41, 5.74) is 0.695. The van der Waals surface area contributed by atoms with Gasteiger partial charge in [-0.2, -0.15) is 0 Å². The molecule has 0 aromatic heterocycles. The Hall–Kier alpha value is -0.870. The van der Waals surface area contributed by atoms with Crippen molar-refractivity contribution in [2.45, 2.75) is 6.92 Å². The average Bonchev–Trinajstić information content (AvgIpc) is 2.11. The third kappa shape index (κ3) is 2.82. The molecule has 0 aliphatic carbocycles. The van der Waals surface area contributed by atoms with Crippen molar-refractivity contribution in [2.75, 3.05) is 0 Å². The van der Waals surface area contributed by atoms with Crippen LogP contribution in [0, 0.1) is 10.1 Å². The second-order valence-corrected chi connectivity index (χ2v) is 4.03. The largest absolute Gasteiger partial charge is 0.259 e. The van der Waals surface area contributed by atoms with Crippen molar-refractivity contribution in [1.29, 1.82) is 0 Å². The molecule has 0 spiro atoms. The van der Waals surface area contributed by atoms with E-state index in [4.69, 9.17) is 11.6 Å². The SMILES string of the molecule is C/C(=C/c1cc(Br)ccc1Cl)[N+](=O)[O-]. The van der Waals surface area contributed by atoms with Crippen molar-refractivity contribution in [1.82, 2.24) is 0 Å². The molecule has 0 atom stereocenters. The van der Waals surface area contributed by atoms with Gasteiger partial charge in [-0.1, -0.05) is 27.5 Å². The smallest absolute Gasteiger partial charge is 0.243 e. The molecule has 1 aromatic carbocycles. The van der Waals surface area contributed by atoms with Crippen molar-refractivity contribution in [3.63, 3.8) is 0 Å². The van der Waals surface area contributed by atoms with Crippen molar-refractivity contribution in [3.8, 4) is 0 Å². The maximum atomic E-state index is 10.4. The van der Waals surface area contributed by atoms with E-state index in [0.717, 1.165) is 4.47 Å². The summed E-state index contributed by atoms with van der Waals surface area (Å²) in [6, 6.07) is 5.20. The van der Waals surface area contributed by atoms with Gasteiger partial charge in [0.05, 0.1) is 4.92 Å². The first kappa shape index (κ1) is 11.2. The maximum absolute atomic E-state index is 10.4. The van der Waals surface area contributed by atoms with E-state index in [2.05, 4.69) is 15.9 Å². The minimum absolute atomic E-state index is 0.0602. The van der Waals surface area contributed by atoms with Gasteiger partial charge in [-0.15, -0.1) is 0 Å². The van der Waals surface area contributed by atoms with Crippen LogP contribution in [-0.4, -0.2) is 4.92 Å². The molecule has 1 aromatic rings. The fourth-order valence-electron chi connectivity index (χ4n) is 0.903. The first-order valence-corrected chi connectivity index (χ1v) is 4.95. The highest BCUT2D eigenvalue weighted by Crippen LogP contribution is 2.23. The van der Waals surface area contributed by atoms with Crippen LogP contribution in [0.15, 0.2) is 28.4 Å². The number of halogens is 2. The Morgan fingerprint density at radius 2 is 2.29 bits per heavy atom. The molecule has 1 rings (SSSR count). The third-order valence-electron chi connectivity index (χ3n) is 1.61. The minimum Gasteiger partial charge on any atom is -0.259 e. The number of allylic oxidation sites excluding steroid dienone is 1. The van der Waals surface area contributed by atoms with E-state index >= 15 is 0 Å². The van der Waals surface area contributed by atoms with E-state index in [1.54, 1.807) is 18.2 Å². The summed E-state index contributed by atoms with van der Waals surface area (Å²) in [4.78, 5) is 9.94.